The van der Waals surface area contributed by atoms with Gasteiger partial charge in [0.1, 0.15) is 15.6 Å². The molecule has 3 rings (SSSR count). The highest BCUT2D eigenvalue weighted by atomic mass is 79.9. The van der Waals surface area contributed by atoms with Crippen LogP contribution in [0.4, 0.5) is 13.2 Å². The van der Waals surface area contributed by atoms with Gasteiger partial charge < -0.3 is 15.9 Å². The maximum atomic E-state index is 14.4. The number of aromatic carboxylic acids is 1. The number of sulfonamides is 1. The number of thiophene rings is 1. The number of carboxylic acid groups (broad SMARTS) is 2. The van der Waals surface area contributed by atoms with Gasteiger partial charge in [-0.05, 0) is 48.7 Å². The summed E-state index contributed by atoms with van der Waals surface area (Å²) in [5, 5.41) is 24.0. The molecular formula is C21H17BrF3N3O7S4. The second-order valence-corrected chi connectivity index (χ2v) is 14.1. The van der Waals surface area contributed by atoms with Crippen molar-refractivity contribution in [2.75, 3.05) is 6.26 Å². The third-order valence-corrected chi connectivity index (χ3v) is 11.7. The molecule has 18 heteroatoms. The second-order valence-electron chi connectivity index (χ2n) is 7.05. The Kier molecular flexibility index (Phi) is 10.3. The monoisotopic (exact) mass is 687 g/mol. The van der Waals surface area contributed by atoms with Crippen molar-refractivity contribution in [1.82, 2.24) is 0 Å². The van der Waals surface area contributed by atoms with Crippen molar-refractivity contribution < 1.29 is 45.6 Å². The van der Waals surface area contributed by atoms with Crippen LogP contribution in [0.5, 0.6) is 0 Å². The molecular weight excluding hydrogens is 671 g/mol. The quantitative estimate of drug-likeness (QED) is 0.148. The van der Waals surface area contributed by atoms with Crippen molar-refractivity contribution in [3.63, 3.8) is 0 Å². The summed E-state index contributed by atoms with van der Waals surface area (Å²) in [6, 6.07) is 12.4. The van der Waals surface area contributed by atoms with Crippen LogP contribution >= 0.6 is 39.0 Å². The molecule has 0 spiro atoms. The second kappa shape index (κ2) is 12.5. The number of halogens is 4. The summed E-state index contributed by atoms with van der Waals surface area (Å²) in [6.45, 7) is 0. The van der Waals surface area contributed by atoms with Gasteiger partial charge in [-0.1, -0.05) is 31.8 Å². The number of hydrogen-bond donors (Lipinski definition) is 4. The van der Waals surface area contributed by atoms with Crippen molar-refractivity contribution in [2.45, 2.75) is 25.1 Å². The van der Waals surface area contributed by atoms with Crippen molar-refractivity contribution >= 4 is 76.6 Å². The van der Waals surface area contributed by atoms with Crippen molar-refractivity contribution in [3.05, 3.63) is 69.5 Å². The van der Waals surface area contributed by atoms with Gasteiger partial charge >= 0.3 is 18.1 Å². The van der Waals surface area contributed by atoms with Gasteiger partial charge in [0.25, 0.3) is 10.0 Å². The average molecular weight is 689 g/mol. The first kappa shape index (κ1) is 32.3. The molecule has 0 aliphatic heterocycles. The molecule has 39 heavy (non-hydrogen) atoms. The summed E-state index contributed by atoms with van der Waals surface area (Å²) in [5.74, 6) is -4.31. The predicted molar refractivity (Wildman–Crippen MR) is 143 cm³/mol. The highest BCUT2D eigenvalue weighted by Crippen LogP contribution is 2.39. The molecule has 0 radical (unpaired) electrons. The topological polar surface area (TPSA) is 188 Å². The lowest BCUT2D eigenvalue weighted by Gasteiger charge is -2.12. The van der Waals surface area contributed by atoms with E-state index in [1.807, 2.05) is 0 Å². The number of nitrogens with two attached hydrogens (primary N) is 1. The SMILES string of the molecule is CSc1sc(C(=N)N)cc1S(=O)(=NS(=O)(=O)c1cccc(C(=O)O)c1)c1cccc(Br)c1.O=C(O)C(F)(F)F. The third-order valence-electron chi connectivity index (χ3n) is 4.35. The molecule has 0 amide bonds. The fraction of sp³-hybridized carbons (Fsp3) is 0.0952. The van der Waals surface area contributed by atoms with Crippen LogP contribution in [0, 0.1) is 5.41 Å². The van der Waals surface area contributed by atoms with E-state index in [-0.39, 0.29) is 21.2 Å². The van der Waals surface area contributed by atoms with Gasteiger partial charge in [-0.3, -0.25) is 5.41 Å². The molecule has 0 aliphatic carbocycles. The molecule has 5 N–H and O–H groups in total. The lowest BCUT2D eigenvalue weighted by molar-refractivity contribution is -0.192. The molecule has 0 saturated heterocycles. The first-order valence-corrected chi connectivity index (χ1v) is 15.7. The Labute approximate surface area is 236 Å². The van der Waals surface area contributed by atoms with Gasteiger partial charge in [0.15, 0.2) is 0 Å². The van der Waals surface area contributed by atoms with Gasteiger partial charge in [-0.25, -0.2) is 13.8 Å². The molecule has 1 aromatic heterocycles. The number of benzene rings is 2. The fourth-order valence-corrected chi connectivity index (χ4v) is 9.78. The van der Waals surface area contributed by atoms with Gasteiger partial charge in [0.05, 0.1) is 29.3 Å². The number of nitrogens with one attached hydrogen (secondary N) is 1. The Bertz CT molecular complexity index is 1660. The summed E-state index contributed by atoms with van der Waals surface area (Å²) in [5.41, 5.74) is 5.36. The molecule has 3 aromatic rings. The van der Waals surface area contributed by atoms with Crippen LogP contribution in [0.1, 0.15) is 15.2 Å². The van der Waals surface area contributed by atoms with Gasteiger partial charge in [-0.2, -0.15) is 21.6 Å². The van der Waals surface area contributed by atoms with E-state index in [4.69, 9.17) is 21.0 Å². The van der Waals surface area contributed by atoms with E-state index in [1.165, 1.54) is 48.2 Å². The Balaban J connectivity index is 0.000000673. The third kappa shape index (κ3) is 8.04. The first-order valence-electron chi connectivity index (χ1n) is 9.87. The zero-order valence-electron chi connectivity index (χ0n) is 19.3. The van der Waals surface area contributed by atoms with E-state index in [0.29, 0.717) is 13.6 Å². The number of carboxylic acids is 2. The van der Waals surface area contributed by atoms with Crippen molar-refractivity contribution in [3.8, 4) is 0 Å². The molecule has 0 aliphatic rings. The van der Waals surface area contributed by atoms with Crippen molar-refractivity contribution in [2.24, 2.45) is 9.50 Å². The number of nitrogens with zero attached hydrogens (tertiary/aromatic N) is 1. The Morgan fingerprint density at radius 1 is 1.05 bits per heavy atom. The zero-order chi connectivity index (χ0) is 29.8. The van der Waals surface area contributed by atoms with Gasteiger partial charge in [-0.15, -0.1) is 23.1 Å². The minimum Gasteiger partial charge on any atom is -0.478 e. The molecule has 0 bridgehead atoms. The van der Waals surface area contributed by atoms with Crippen LogP contribution < -0.4 is 5.73 Å². The number of aliphatic carboxylic acids is 1. The number of amidine groups is 1. The van der Waals surface area contributed by atoms with Crippen LogP contribution in [-0.2, 0) is 24.5 Å². The maximum Gasteiger partial charge on any atom is 0.490 e. The summed E-state index contributed by atoms with van der Waals surface area (Å²) in [4.78, 5) is 20.4. The van der Waals surface area contributed by atoms with E-state index >= 15 is 0 Å². The maximum absolute atomic E-state index is 14.4. The molecule has 0 fully saturated rings. The number of thioether (sulfide) groups is 1. The fourth-order valence-electron chi connectivity index (χ4n) is 2.65. The van der Waals surface area contributed by atoms with E-state index in [2.05, 4.69) is 19.7 Å². The number of hydrogen-bond acceptors (Lipinski definition) is 8. The Hall–Kier alpha value is -2.93. The highest BCUT2D eigenvalue weighted by molar-refractivity contribution is 9.10. The van der Waals surface area contributed by atoms with Crippen LogP contribution in [0.3, 0.4) is 0 Å². The van der Waals surface area contributed by atoms with Crippen LogP contribution in [0.15, 0.2) is 81.7 Å². The highest BCUT2D eigenvalue weighted by Gasteiger charge is 2.38. The average Bonchev–Trinajstić information content (AvgIpc) is 3.29. The minimum atomic E-state index is -5.08. The molecule has 2 aromatic carbocycles. The zero-order valence-corrected chi connectivity index (χ0v) is 24.2. The number of nitrogen functional groups attached to an aromatic ring is 1. The van der Waals surface area contributed by atoms with Gasteiger partial charge in [0.2, 0.25) is 0 Å². The van der Waals surface area contributed by atoms with Crippen LogP contribution in [0.25, 0.3) is 0 Å². The molecule has 0 saturated carbocycles. The Morgan fingerprint density at radius 2 is 1.62 bits per heavy atom. The Morgan fingerprint density at radius 3 is 2.10 bits per heavy atom. The molecule has 210 valence electrons. The smallest absolute Gasteiger partial charge is 0.478 e. The summed E-state index contributed by atoms with van der Waals surface area (Å²) in [6.07, 6.45) is -3.36. The van der Waals surface area contributed by atoms with Crippen molar-refractivity contribution in [1.29, 1.82) is 5.41 Å². The van der Waals surface area contributed by atoms with E-state index in [9.17, 15) is 35.7 Å². The summed E-state index contributed by atoms with van der Waals surface area (Å²) < 4.78 is 77.4. The number of carbonyl (C=O) groups is 2. The summed E-state index contributed by atoms with van der Waals surface area (Å²) in [7, 11) is -8.30. The number of rotatable bonds is 7. The van der Waals surface area contributed by atoms with Crippen LogP contribution in [0.2, 0.25) is 0 Å². The predicted octanol–water partition coefficient (Wildman–Crippen LogP) is 5.12. The van der Waals surface area contributed by atoms with Gasteiger partial charge in [0, 0.05) is 4.47 Å². The lowest BCUT2D eigenvalue weighted by atomic mass is 10.2. The van der Waals surface area contributed by atoms with Crippen LogP contribution in [-0.4, -0.2) is 53.0 Å². The molecule has 1 atom stereocenters. The minimum absolute atomic E-state index is 0.122. The molecule has 10 nitrogen and oxygen atoms in total. The first-order chi connectivity index (χ1) is 17.9. The summed E-state index contributed by atoms with van der Waals surface area (Å²) >= 11 is 5.64. The van der Waals surface area contributed by atoms with E-state index in [1.54, 1.807) is 18.4 Å². The largest absolute Gasteiger partial charge is 0.490 e. The molecule has 1 heterocycles. The number of alkyl halides is 3. The van der Waals surface area contributed by atoms with E-state index in [0.717, 1.165) is 17.4 Å². The lowest BCUT2D eigenvalue weighted by Crippen LogP contribution is -2.21. The van der Waals surface area contributed by atoms with E-state index < -0.39 is 42.8 Å². The standard InChI is InChI=1S/C19H16BrN3O5S4.C2HF3O2/c1-29-19-16(10-15(30-19)17(21)22)31(26,13-6-3-5-12(20)9-13)23-32(27,28)14-7-2-4-11(8-14)18(24)25;3-2(4,5)1(6)7/h2-10H,1H3,(H3,21,22)(H,24,25);(H,6,7). The molecule has 1 unspecified atom stereocenters. The normalized spacial score (nSPS) is 12.9.